The van der Waals surface area contributed by atoms with Crippen LogP contribution in [-0.2, 0) is 16.4 Å². The molecule has 2 aromatic carbocycles. The van der Waals surface area contributed by atoms with Crippen LogP contribution < -0.4 is 4.74 Å². The summed E-state index contributed by atoms with van der Waals surface area (Å²) in [5.41, 5.74) is 1.73. The molecule has 1 saturated heterocycles. The van der Waals surface area contributed by atoms with E-state index in [1.54, 1.807) is 42.3 Å². The van der Waals surface area contributed by atoms with Gasteiger partial charge in [-0.25, -0.2) is 8.42 Å². The number of aromatic nitrogens is 1. The van der Waals surface area contributed by atoms with Crippen molar-refractivity contribution in [2.75, 3.05) is 18.6 Å². The number of halogens is 1. The Kier molecular flexibility index (Phi) is 6.02. The third-order valence-corrected chi connectivity index (χ3v) is 7.28. The predicted octanol–water partition coefficient (Wildman–Crippen LogP) is 3.83. The molecule has 3 aromatic rings. The van der Waals surface area contributed by atoms with Gasteiger partial charge in [-0.1, -0.05) is 28.9 Å². The molecular formula is C22H21ClN2O5S. The fourth-order valence-electron chi connectivity index (χ4n) is 3.59. The molecule has 1 amide bonds. The minimum absolute atomic E-state index is 0.0600. The normalized spacial score (nSPS) is 17.4. The number of sulfone groups is 1. The van der Waals surface area contributed by atoms with Gasteiger partial charge >= 0.3 is 0 Å². The van der Waals surface area contributed by atoms with E-state index in [9.17, 15) is 13.2 Å². The SMILES string of the molecule is COc1ccc(-c2cc(C(=O)N(Cc3ccc(Cl)cc3)[C@H]3CCS(=O)(=O)C3)no2)cc1. The van der Waals surface area contributed by atoms with E-state index in [-0.39, 0.29) is 29.7 Å². The molecule has 1 aromatic heterocycles. The molecule has 31 heavy (non-hydrogen) atoms. The highest BCUT2D eigenvalue weighted by atomic mass is 35.5. The second-order valence-corrected chi connectivity index (χ2v) is 10.1. The van der Waals surface area contributed by atoms with Crippen molar-refractivity contribution in [2.45, 2.75) is 19.0 Å². The molecule has 4 rings (SSSR count). The first-order valence-corrected chi connectivity index (χ1v) is 11.9. The van der Waals surface area contributed by atoms with Crippen molar-refractivity contribution < 1.29 is 22.5 Å². The van der Waals surface area contributed by atoms with Gasteiger partial charge in [0.15, 0.2) is 21.3 Å². The molecule has 1 fully saturated rings. The number of carbonyl (C=O) groups is 1. The van der Waals surface area contributed by atoms with Gasteiger partial charge in [0.2, 0.25) is 0 Å². The van der Waals surface area contributed by atoms with Crippen LogP contribution >= 0.6 is 11.6 Å². The van der Waals surface area contributed by atoms with Gasteiger partial charge in [-0.2, -0.15) is 0 Å². The average molecular weight is 461 g/mol. The van der Waals surface area contributed by atoms with Crippen molar-refractivity contribution in [1.82, 2.24) is 10.1 Å². The lowest BCUT2D eigenvalue weighted by atomic mass is 10.1. The van der Waals surface area contributed by atoms with Gasteiger partial charge in [0.25, 0.3) is 5.91 Å². The largest absolute Gasteiger partial charge is 0.497 e. The zero-order chi connectivity index (χ0) is 22.0. The van der Waals surface area contributed by atoms with E-state index in [0.29, 0.717) is 23.0 Å². The van der Waals surface area contributed by atoms with Gasteiger partial charge in [0.1, 0.15) is 5.75 Å². The second kappa shape index (κ2) is 8.72. The third kappa shape index (κ3) is 4.91. The highest BCUT2D eigenvalue weighted by Gasteiger charge is 2.36. The summed E-state index contributed by atoms with van der Waals surface area (Å²) in [5.74, 6) is 0.779. The van der Waals surface area contributed by atoms with Crippen LogP contribution in [0.1, 0.15) is 22.5 Å². The molecule has 0 bridgehead atoms. The van der Waals surface area contributed by atoms with E-state index in [1.165, 1.54) is 0 Å². The minimum Gasteiger partial charge on any atom is -0.497 e. The van der Waals surface area contributed by atoms with Crippen LogP contribution in [0, 0.1) is 0 Å². The Morgan fingerprint density at radius 2 is 1.90 bits per heavy atom. The van der Waals surface area contributed by atoms with Crippen molar-refractivity contribution in [1.29, 1.82) is 0 Å². The number of amides is 1. The Balaban J connectivity index is 1.60. The fourth-order valence-corrected chi connectivity index (χ4v) is 5.45. The minimum atomic E-state index is -3.17. The summed E-state index contributed by atoms with van der Waals surface area (Å²) in [6.07, 6.45) is 0.394. The first kappa shape index (κ1) is 21.4. The summed E-state index contributed by atoms with van der Waals surface area (Å²) in [6, 6.07) is 15.5. The fraction of sp³-hybridized carbons (Fsp3) is 0.273. The maximum absolute atomic E-state index is 13.3. The molecule has 162 valence electrons. The first-order valence-electron chi connectivity index (χ1n) is 9.71. The van der Waals surface area contributed by atoms with Crippen LogP contribution in [0.15, 0.2) is 59.1 Å². The average Bonchev–Trinajstić information content (AvgIpc) is 3.39. The monoisotopic (exact) mass is 460 g/mol. The molecular weight excluding hydrogens is 440 g/mol. The van der Waals surface area contributed by atoms with Gasteiger partial charge < -0.3 is 14.2 Å². The zero-order valence-electron chi connectivity index (χ0n) is 16.8. The lowest BCUT2D eigenvalue weighted by molar-refractivity contribution is 0.0670. The Morgan fingerprint density at radius 1 is 1.19 bits per heavy atom. The third-order valence-electron chi connectivity index (χ3n) is 5.28. The Morgan fingerprint density at radius 3 is 2.52 bits per heavy atom. The number of hydrogen-bond acceptors (Lipinski definition) is 6. The number of nitrogens with zero attached hydrogens (tertiary/aromatic N) is 2. The quantitative estimate of drug-likeness (QED) is 0.555. The van der Waals surface area contributed by atoms with Crippen molar-refractivity contribution in [3.05, 3.63) is 70.9 Å². The Bertz CT molecular complexity index is 1170. The number of benzene rings is 2. The molecule has 9 heteroatoms. The van der Waals surface area contributed by atoms with Crippen LogP contribution in [0.2, 0.25) is 5.02 Å². The molecule has 1 atom stereocenters. The van der Waals surface area contributed by atoms with Crippen molar-refractivity contribution in [3.8, 4) is 17.1 Å². The maximum Gasteiger partial charge on any atom is 0.276 e. The van der Waals surface area contributed by atoms with Crippen molar-refractivity contribution in [2.24, 2.45) is 0 Å². The highest BCUT2D eigenvalue weighted by Crippen LogP contribution is 2.26. The predicted molar refractivity (Wildman–Crippen MR) is 117 cm³/mol. The van der Waals surface area contributed by atoms with E-state index in [1.807, 2.05) is 24.3 Å². The summed E-state index contributed by atoms with van der Waals surface area (Å²) in [7, 11) is -1.59. The molecule has 0 N–H and O–H groups in total. The molecule has 0 unspecified atom stereocenters. The number of rotatable bonds is 6. The number of ether oxygens (including phenoxy) is 1. The van der Waals surface area contributed by atoms with Crippen LogP contribution in [0.25, 0.3) is 11.3 Å². The molecule has 0 radical (unpaired) electrons. The molecule has 2 heterocycles. The summed E-state index contributed by atoms with van der Waals surface area (Å²) in [6.45, 7) is 0.251. The summed E-state index contributed by atoms with van der Waals surface area (Å²) in [4.78, 5) is 14.9. The number of hydrogen-bond donors (Lipinski definition) is 0. The maximum atomic E-state index is 13.3. The second-order valence-electron chi connectivity index (χ2n) is 7.42. The lowest BCUT2D eigenvalue weighted by Crippen LogP contribution is -2.40. The van der Waals surface area contributed by atoms with E-state index in [4.69, 9.17) is 20.9 Å². The molecule has 0 spiro atoms. The van der Waals surface area contributed by atoms with Crippen LogP contribution in [-0.4, -0.2) is 49.0 Å². The van der Waals surface area contributed by atoms with Gasteiger partial charge in [-0.15, -0.1) is 0 Å². The van der Waals surface area contributed by atoms with E-state index >= 15 is 0 Å². The van der Waals surface area contributed by atoms with Gasteiger partial charge in [-0.05, 0) is 48.4 Å². The number of carbonyl (C=O) groups excluding carboxylic acids is 1. The van der Waals surface area contributed by atoms with Gasteiger partial charge in [-0.3, -0.25) is 4.79 Å². The smallest absolute Gasteiger partial charge is 0.276 e. The summed E-state index contributed by atoms with van der Waals surface area (Å²) in [5, 5.41) is 4.54. The Labute approximate surface area is 185 Å². The van der Waals surface area contributed by atoms with Crippen LogP contribution in [0.3, 0.4) is 0 Å². The highest BCUT2D eigenvalue weighted by molar-refractivity contribution is 7.91. The van der Waals surface area contributed by atoms with E-state index in [0.717, 1.165) is 11.1 Å². The van der Waals surface area contributed by atoms with Crippen molar-refractivity contribution in [3.63, 3.8) is 0 Å². The zero-order valence-corrected chi connectivity index (χ0v) is 18.4. The molecule has 1 aliphatic rings. The lowest BCUT2D eigenvalue weighted by Gasteiger charge is -2.27. The van der Waals surface area contributed by atoms with Crippen LogP contribution in [0.4, 0.5) is 0 Å². The molecule has 0 aliphatic carbocycles. The topological polar surface area (TPSA) is 89.7 Å². The van der Waals surface area contributed by atoms with Gasteiger partial charge in [0, 0.05) is 29.2 Å². The van der Waals surface area contributed by atoms with Crippen LogP contribution in [0.5, 0.6) is 5.75 Å². The summed E-state index contributed by atoms with van der Waals surface area (Å²) >= 11 is 5.96. The molecule has 0 saturated carbocycles. The standard InChI is InChI=1S/C22H21ClN2O5S/c1-29-19-8-4-16(5-9-19)21-12-20(24-30-21)22(26)25(18-10-11-31(27,28)14-18)13-15-2-6-17(23)7-3-15/h2-9,12,18H,10-11,13-14H2,1H3/t18-/m0/s1. The molecule has 7 nitrogen and oxygen atoms in total. The first-order chi connectivity index (χ1) is 14.8. The van der Waals surface area contributed by atoms with Crippen molar-refractivity contribution >= 4 is 27.3 Å². The number of methoxy groups -OCH3 is 1. The molecule has 1 aliphatic heterocycles. The Hall–Kier alpha value is -2.84. The van der Waals surface area contributed by atoms with E-state index in [2.05, 4.69) is 5.16 Å². The van der Waals surface area contributed by atoms with E-state index < -0.39 is 15.9 Å². The summed E-state index contributed by atoms with van der Waals surface area (Å²) < 4.78 is 34.6. The van der Waals surface area contributed by atoms with Gasteiger partial charge in [0.05, 0.1) is 18.6 Å².